The maximum Gasteiger partial charge on any atom is 0.255 e. The first-order chi connectivity index (χ1) is 11.2. The van der Waals surface area contributed by atoms with Crippen molar-refractivity contribution in [3.8, 4) is 5.75 Å². The monoisotopic (exact) mass is 315 g/mol. The Labute approximate surface area is 134 Å². The van der Waals surface area contributed by atoms with E-state index in [0.717, 1.165) is 38.3 Å². The summed E-state index contributed by atoms with van der Waals surface area (Å²) in [5.41, 5.74) is 6.27. The highest BCUT2D eigenvalue weighted by molar-refractivity contribution is 5.75. The molecule has 0 spiro atoms. The van der Waals surface area contributed by atoms with E-state index in [1.54, 1.807) is 6.33 Å². The fourth-order valence-electron chi connectivity index (χ4n) is 2.92. The average molecular weight is 315 g/mol. The number of aromatic nitrogens is 3. The molecule has 3 rings (SSSR count). The van der Waals surface area contributed by atoms with Crippen molar-refractivity contribution in [1.82, 2.24) is 20.1 Å². The lowest BCUT2D eigenvalue weighted by molar-refractivity contribution is -0.119. The number of benzene rings is 1. The quantitative estimate of drug-likeness (QED) is 0.830. The lowest BCUT2D eigenvalue weighted by Gasteiger charge is -2.30. The second-order valence-corrected chi connectivity index (χ2v) is 5.82. The number of aromatic amines is 1. The highest BCUT2D eigenvalue weighted by Gasteiger charge is 2.22. The number of ether oxygens (including phenoxy) is 1. The molecule has 1 aliphatic rings. The van der Waals surface area contributed by atoms with E-state index in [1.807, 2.05) is 18.2 Å². The molecular weight excluding hydrogens is 294 g/mol. The number of rotatable bonds is 6. The van der Waals surface area contributed by atoms with Crippen LogP contribution in [0.25, 0.3) is 0 Å². The minimum Gasteiger partial charge on any atom is -0.484 e. The molecule has 122 valence electrons. The summed E-state index contributed by atoms with van der Waals surface area (Å²) in [5, 5.41) is 6.90. The molecule has 0 saturated carbocycles. The number of carbonyl (C=O) groups is 1. The Bertz CT molecular complexity index is 636. The summed E-state index contributed by atoms with van der Waals surface area (Å²) < 4.78 is 5.35. The first-order valence-corrected chi connectivity index (χ1v) is 7.78. The predicted octanol–water partition coefficient (Wildman–Crippen LogP) is 1.05. The number of amides is 1. The van der Waals surface area contributed by atoms with Gasteiger partial charge in [0.25, 0.3) is 5.91 Å². The van der Waals surface area contributed by atoms with E-state index in [2.05, 4.69) is 26.1 Å². The molecule has 0 atom stereocenters. The third-order valence-corrected chi connectivity index (χ3v) is 4.09. The molecule has 1 aliphatic heterocycles. The van der Waals surface area contributed by atoms with Crippen molar-refractivity contribution in [3.05, 3.63) is 42.0 Å². The zero-order chi connectivity index (χ0) is 16.1. The number of carbonyl (C=O) groups excluding carboxylic acids is 1. The van der Waals surface area contributed by atoms with Gasteiger partial charge in [0.05, 0.1) is 0 Å². The van der Waals surface area contributed by atoms with Gasteiger partial charge >= 0.3 is 0 Å². The van der Waals surface area contributed by atoms with E-state index in [1.165, 1.54) is 5.56 Å². The zero-order valence-electron chi connectivity index (χ0n) is 12.9. The van der Waals surface area contributed by atoms with Crippen molar-refractivity contribution < 1.29 is 9.53 Å². The molecular formula is C16H21N5O2. The van der Waals surface area contributed by atoms with Gasteiger partial charge in [-0.3, -0.25) is 14.8 Å². The number of nitrogens with zero attached hydrogens (tertiary/aromatic N) is 3. The van der Waals surface area contributed by atoms with Crippen LogP contribution in [0.2, 0.25) is 0 Å². The molecule has 7 nitrogen and oxygen atoms in total. The molecule has 1 fully saturated rings. The lowest BCUT2D eigenvalue weighted by atomic mass is 9.96. The number of hydrogen-bond donors (Lipinski definition) is 2. The standard InChI is InChI=1S/C16H21N5O2/c17-15(22)10-23-14-3-1-2-12(8-14)9-21-6-4-13(5-7-21)16-18-11-19-20-16/h1-3,8,11,13H,4-7,9-10H2,(H2,17,22)(H,18,19,20). The first kappa shape index (κ1) is 15.5. The predicted molar refractivity (Wildman–Crippen MR) is 84.8 cm³/mol. The van der Waals surface area contributed by atoms with Crippen LogP contribution in [0.4, 0.5) is 0 Å². The number of nitrogens with one attached hydrogen (secondary N) is 1. The van der Waals surface area contributed by atoms with E-state index in [-0.39, 0.29) is 6.61 Å². The summed E-state index contributed by atoms with van der Waals surface area (Å²) in [6.45, 7) is 2.83. The number of piperidine rings is 1. The van der Waals surface area contributed by atoms with Crippen molar-refractivity contribution >= 4 is 5.91 Å². The Balaban J connectivity index is 1.52. The van der Waals surface area contributed by atoms with Crippen molar-refractivity contribution in [1.29, 1.82) is 0 Å². The highest BCUT2D eigenvalue weighted by Crippen LogP contribution is 2.26. The summed E-state index contributed by atoms with van der Waals surface area (Å²) in [6, 6.07) is 7.81. The maximum atomic E-state index is 10.8. The molecule has 1 amide bonds. The van der Waals surface area contributed by atoms with E-state index in [4.69, 9.17) is 10.5 Å². The molecule has 7 heteroatoms. The summed E-state index contributed by atoms with van der Waals surface area (Å²) in [5.74, 6) is 1.67. The van der Waals surface area contributed by atoms with Gasteiger partial charge < -0.3 is 10.5 Å². The molecule has 2 heterocycles. The van der Waals surface area contributed by atoms with Crippen molar-refractivity contribution in [2.75, 3.05) is 19.7 Å². The van der Waals surface area contributed by atoms with Gasteiger partial charge in [0.2, 0.25) is 0 Å². The van der Waals surface area contributed by atoms with Crippen LogP contribution in [0.15, 0.2) is 30.6 Å². The fourth-order valence-corrected chi connectivity index (χ4v) is 2.92. The van der Waals surface area contributed by atoms with Crippen LogP contribution in [-0.2, 0) is 11.3 Å². The van der Waals surface area contributed by atoms with Gasteiger partial charge in [0.15, 0.2) is 6.61 Å². The SMILES string of the molecule is NC(=O)COc1cccc(CN2CCC(c3ncn[nH]3)CC2)c1. The molecule has 0 bridgehead atoms. The Morgan fingerprint density at radius 3 is 2.91 bits per heavy atom. The summed E-state index contributed by atoms with van der Waals surface area (Å²) in [7, 11) is 0. The van der Waals surface area contributed by atoms with Gasteiger partial charge in [-0.05, 0) is 43.6 Å². The molecule has 2 aromatic rings. The van der Waals surface area contributed by atoms with Crippen LogP contribution in [-0.4, -0.2) is 45.7 Å². The average Bonchev–Trinajstić information content (AvgIpc) is 3.08. The molecule has 1 aromatic heterocycles. The highest BCUT2D eigenvalue weighted by atomic mass is 16.5. The first-order valence-electron chi connectivity index (χ1n) is 7.78. The maximum absolute atomic E-state index is 10.8. The molecule has 0 unspecified atom stereocenters. The van der Waals surface area contributed by atoms with Gasteiger partial charge in [0, 0.05) is 12.5 Å². The molecule has 23 heavy (non-hydrogen) atoms. The van der Waals surface area contributed by atoms with Gasteiger partial charge in [-0.2, -0.15) is 5.10 Å². The zero-order valence-corrected chi connectivity index (χ0v) is 12.9. The van der Waals surface area contributed by atoms with Crippen molar-refractivity contribution in [3.63, 3.8) is 0 Å². The smallest absolute Gasteiger partial charge is 0.255 e. The third-order valence-electron chi connectivity index (χ3n) is 4.09. The van der Waals surface area contributed by atoms with Crippen molar-refractivity contribution in [2.45, 2.75) is 25.3 Å². The van der Waals surface area contributed by atoms with E-state index >= 15 is 0 Å². The molecule has 0 aliphatic carbocycles. The van der Waals surface area contributed by atoms with E-state index in [0.29, 0.717) is 11.7 Å². The number of primary amides is 1. The Kier molecular flexibility index (Phi) is 4.87. The second kappa shape index (κ2) is 7.23. The Morgan fingerprint density at radius 1 is 1.39 bits per heavy atom. The topological polar surface area (TPSA) is 97.1 Å². The van der Waals surface area contributed by atoms with Crippen LogP contribution < -0.4 is 10.5 Å². The van der Waals surface area contributed by atoms with Crippen LogP contribution in [0.5, 0.6) is 5.75 Å². The molecule has 3 N–H and O–H groups in total. The summed E-state index contributed by atoms with van der Waals surface area (Å²) in [4.78, 5) is 17.5. The Morgan fingerprint density at radius 2 is 2.22 bits per heavy atom. The van der Waals surface area contributed by atoms with Gasteiger partial charge in [-0.1, -0.05) is 12.1 Å². The number of H-pyrrole nitrogens is 1. The second-order valence-electron chi connectivity index (χ2n) is 5.82. The molecule has 0 radical (unpaired) electrons. The Hall–Kier alpha value is -2.41. The minimum absolute atomic E-state index is 0.0912. The molecule has 1 saturated heterocycles. The van der Waals surface area contributed by atoms with E-state index < -0.39 is 5.91 Å². The largest absolute Gasteiger partial charge is 0.484 e. The number of likely N-dealkylation sites (tertiary alicyclic amines) is 1. The van der Waals surface area contributed by atoms with Crippen LogP contribution >= 0.6 is 0 Å². The summed E-state index contributed by atoms with van der Waals surface area (Å²) >= 11 is 0. The van der Waals surface area contributed by atoms with Gasteiger partial charge in [0.1, 0.15) is 17.9 Å². The number of nitrogens with two attached hydrogens (primary N) is 1. The minimum atomic E-state index is -0.468. The fraction of sp³-hybridized carbons (Fsp3) is 0.438. The van der Waals surface area contributed by atoms with Crippen LogP contribution in [0.3, 0.4) is 0 Å². The van der Waals surface area contributed by atoms with Gasteiger partial charge in [-0.15, -0.1) is 0 Å². The summed E-state index contributed by atoms with van der Waals surface area (Å²) in [6.07, 6.45) is 3.72. The lowest BCUT2D eigenvalue weighted by Crippen LogP contribution is -2.32. The van der Waals surface area contributed by atoms with Crippen molar-refractivity contribution in [2.24, 2.45) is 5.73 Å². The third kappa shape index (κ3) is 4.29. The molecule has 1 aromatic carbocycles. The normalized spacial score (nSPS) is 16.3. The van der Waals surface area contributed by atoms with Gasteiger partial charge in [-0.25, -0.2) is 4.98 Å². The van der Waals surface area contributed by atoms with E-state index in [9.17, 15) is 4.79 Å². The number of hydrogen-bond acceptors (Lipinski definition) is 5. The van der Waals surface area contributed by atoms with Crippen LogP contribution in [0.1, 0.15) is 30.1 Å². The van der Waals surface area contributed by atoms with Crippen LogP contribution in [0, 0.1) is 0 Å².